The zero-order valence-corrected chi connectivity index (χ0v) is 18.4. The molecule has 3 aliphatic rings. The van der Waals surface area contributed by atoms with E-state index in [0.29, 0.717) is 18.7 Å². The Morgan fingerprint density at radius 1 is 1.00 bits per heavy atom. The number of hydrogen-bond donors (Lipinski definition) is 1. The van der Waals surface area contributed by atoms with Gasteiger partial charge in [-0.1, -0.05) is 57.2 Å². The number of benzene rings is 2. The normalized spacial score (nSPS) is 29.8. The number of Topliss-reactive ketones (excluding diaryl/α,β-unsaturated/α-hetero) is 1. The van der Waals surface area contributed by atoms with E-state index in [1.54, 1.807) is 0 Å². The molecule has 0 radical (unpaired) electrons. The van der Waals surface area contributed by atoms with Gasteiger partial charge in [0.15, 0.2) is 5.78 Å². The van der Waals surface area contributed by atoms with Crippen molar-refractivity contribution in [1.29, 1.82) is 0 Å². The predicted octanol–water partition coefficient (Wildman–Crippen LogP) is 4.83. The lowest BCUT2D eigenvalue weighted by Gasteiger charge is -2.41. The Balaban J connectivity index is 1.56. The fourth-order valence-electron chi connectivity index (χ4n) is 6.05. The fourth-order valence-corrected chi connectivity index (χ4v) is 6.05. The largest absolute Gasteiger partial charge is 0.311 e. The van der Waals surface area contributed by atoms with Crippen LogP contribution in [0.15, 0.2) is 59.7 Å². The molecule has 0 aromatic heterocycles. The zero-order chi connectivity index (χ0) is 21.9. The molecule has 1 amide bonds. The van der Waals surface area contributed by atoms with E-state index in [4.69, 9.17) is 0 Å². The van der Waals surface area contributed by atoms with Gasteiger partial charge in [0.25, 0.3) is 0 Å². The molecule has 2 aliphatic carbocycles. The Kier molecular flexibility index (Phi) is 4.37. The first-order valence-electron chi connectivity index (χ1n) is 11.2. The van der Waals surface area contributed by atoms with Gasteiger partial charge < -0.3 is 4.90 Å². The standard InChI is InChI=1S/C26H29N3O2/c1-24(2)25(3)15-16-26(24,22(30)21(25)28-27-19-12-5-4-6-13-19)23(31)29-17-9-11-18-10-7-8-14-20(18)29/h4-8,10,12-14,27H,9,11,15-17H2,1-3H3/b28-21+. The van der Waals surface area contributed by atoms with Crippen molar-refractivity contribution in [3.05, 3.63) is 60.2 Å². The molecule has 2 aromatic rings. The molecule has 5 heteroatoms. The molecule has 1 N–H and O–H groups in total. The molecule has 1 heterocycles. The number of ketones is 1. The van der Waals surface area contributed by atoms with Crippen LogP contribution >= 0.6 is 0 Å². The molecule has 5 nitrogen and oxygen atoms in total. The highest BCUT2D eigenvalue weighted by Gasteiger charge is 2.77. The highest BCUT2D eigenvalue weighted by molar-refractivity contribution is 6.51. The highest BCUT2D eigenvalue weighted by atomic mass is 16.2. The summed E-state index contributed by atoms with van der Waals surface area (Å²) in [4.78, 5) is 29.9. The van der Waals surface area contributed by atoms with E-state index in [9.17, 15) is 9.59 Å². The fraction of sp³-hybridized carbons (Fsp3) is 0.423. The Labute approximate surface area is 183 Å². The van der Waals surface area contributed by atoms with Gasteiger partial charge in [-0.25, -0.2) is 0 Å². The summed E-state index contributed by atoms with van der Waals surface area (Å²) < 4.78 is 0. The summed E-state index contributed by atoms with van der Waals surface area (Å²) in [5.41, 5.74) is 4.50. The summed E-state index contributed by atoms with van der Waals surface area (Å²) in [6, 6.07) is 17.7. The maximum atomic E-state index is 14.2. The summed E-state index contributed by atoms with van der Waals surface area (Å²) >= 11 is 0. The number of fused-ring (bicyclic) bond motifs is 3. The van der Waals surface area contributed by atoms with Crippen molar-refractivity contribution in [2.45, 2.75) is 46.5 Å². The number of rotatable bonds is 3. The minimum absolute atomic E-state index is 0.0525. The Bertz CT molecular complexity index is 1090. The third kappa shape index (κ3) is 2.52. The molecule has 2 atom stereocenters. The maximum absolute atomic E-state index is 14.2. The van der Waals surface area contributed by atoms with Gasteiger partial charge in [-0.15, -0.1) is 0 Å². The summed E-state index contributed by atoms with van der Waals surface area (Å²) in [6.07, 6.45) is 3.25. The van der Waals surface area contributed by atoms with E-state index in [1.807, 2.05) is 53.4 Å². The predicted molar refractivity (Wildman–Crippen MR) is 123 cm³/mol. The van der Waals surface area contributed by atoms with Gasteiger partial charge in [-0.2, -0.15) is 5.10 Å². The third-order valence-electron chi connectivity index (χ3n) is 8.36. The van der Waals surface area contributed by atoms with Gasteiger partial charge in [-0.05, 0) is 54.9 Å². The molecule has 2 aromatic carbocycles. The Hall–Kier alpha value is -2.95. The number of anilines is 2. The average Bonchev–Trinajstić information content (AvgIpc) is 3.07. The SMILES string of the molecule is CC12CCC(C(=O)N3CCCc4ccccc43)(C(=O)/C1=N\Nc1ccccc1)C2(C)C. The van der Waals surface area contributed by atoms with Crippen molar-refractivity contribution < 1.29 is 9.59 Å². The van der Waals surface area contributed by atoms with Crippen LogP contribution in [0.1, 0.15) is 45.6 Å². The van der Waals surface area contributed by atoms with E-state index in [1.165, 1.54) is 5.56 Å². The number of hydrazone groups is 1. The lowest BCUT2D eigenvalue weighted by Crippen LogP contribution is -2.53. The van der Waals surface area contributed by atoms with Gasteiger partial charge in [0.2, 0.25) is 5.91 Å². The van der Waals surface area contributed by atoms with Crippen LogP contribution in [-0.2, 0) is 16.0 Å². The molecule has 0 spiro atoms. The van der Waals surface area contributed by atoms with Crippen molar-refractivity contribution in [1.82, 2.24) is 0 Å². The quantitative estimate of drug-likeness (QED) is 0.577. The number of amides is 1. The summed E-state index contributed by atoms with van der Waals surface area (Å²) in [6.45, 7) is 6.92. The van der Waals surface area contributed by atoms with Gasteiger partial charge in [0, 0.05) is 17.6 Å². The molecular weight excluding hydrogens is 386 g/mol. The molecule has 2 fully saturated rings. The van der Waals surface area contributed by atoms with Crippen LogP contribution < -0.4 is 10.3 Å². The van der Waals surface area contributed by atoms with Gasteiger partial charge in [-0.3, -0.25) is 15.0 Å². The van der Waals surface area contributed by atoms with Crippen molar-refractivity contribution in [2.75, 3.05) is 16.9 Å². The minimum atomic E-state index is -1.07. The van der Waals surface area contributed by atoms with Gasteiger partial charge >= 0.3 is 0 Å². The summed E-state index contributed by atoms with van der Waals surface area (Å²) in [5, 5.41) is 4.59. The smallest absolute Gasteiger partial charge is 0.241 e. The monoisotopic (exact) mass is 415 g/mol. The molecule has 160 valence electrons. The molecule has 0 saturated heterocycles. The van der Waals surface area contributed by atoms with Crippen LogP contribution in [0.5, 0.6) is 0 Å². The number of aryl methyl sites for hydroxylation is 1. The van der Waals surface area contributed by atoms with E-state index in [-0.39, 0.29) is 11.7 Å². The van der Waals surface area contributed by atoms with Crippen LogP contribution in [0.2, 0.25) is 0 Å². The lowest BCUT2D eigenvalue weighted by molar-refractivity contribution is -0.141. The lowest BCUT2D eigenvalue weighted by atomic mass is 9.64. The molecule has 5 rings (SSSR count). The molecule has 1 aliphatic heterocycles. The van der Waals surface area contributed by atoms with Crippen molar-refractivity contribution >= 4 is 28.8 Å². The molecule has 2 bridgehead atoms. The van der Waals surface area contributed by atoms with Crippen molar-refractivity contribution in [3.8, 4) is 0 Å². The Morgan fingerprint density at radius 3 is 2.48 bits per heavy atom. The first-order chi connectivity index (χ1) is 14.8. The number of carbonyl (C=O) groups excluding carboxylic acids is 2. The third-order valence-corrected chi connectivity index (χ3v) is 8.36. The van der Waals surface area contributed by atoms with E-state index in [0.717, 1.165) is 30.6 Å². The first kappa shape index (κ1) is 20.0. The minimum Gasteiger partial charge on any atom is -0.311 e. The second-order valence-corrected chi connectivity index (χ2v) is 9.82. The van der Waals surface area contributed by atoms with E-state index >= 15 is 0 Å². The molecule has 2 saturated carbocycles. The average molecular weight is 416 g/mol. The van der Waals surface area contributed by atoms with Crippen LogP contribution in [0.4, 0.5) is 11.4 Å². The van der Waals surface area contributed by atoms with Crippen molar-refractivity contribution in [3.63, 3.8) is 0 Å². The second kappa shape index (κ2) is 6.78. The van der Waals surface area contributed by atoms with Crippen molar-refractivity contribution in [2.24, 2.45) is 21.3 Å². The van der Waals surface area contributed by atoms with Gasteiger partial charge in [0.05, 0.1) is 5.69 Å². The molecular formula is C26H29N3O2. The molecule has 2 unspecified atom stereocenters. The zero-order valence-electron chi connectivity index (χ0n) is 18.4. The highest BCUT2D eigenvalue weighted by Crippen LogP contribution is 2.70. The van der Waals surface area contributed by atoms with Crippen LogP contribution in [0, 0.1) is 16.2 Å². The number of nitrogens with one attached hydrogen (secondary N) is 1. The Morgan fingerprint density at radius 2 is 1.71 bits per heavy atom. The maximum Gasteiger partial charge on any atom is 0.241 e. The second-order valence-electron chi connectivity index (χ2n) is 9.82. The van der Waals surface area contributed by atoms with E-state index in [2.05, 4.69) is 37.4 Å². The molecule has 31 heavy (non-hydrogen) atoms. The number of para-hydroxylation sites is 2. The number of hydrogen-bond acceptors (Lipinski definition) is 4. The van der Waals surface area contributed by atoms with Crippen LogP contribution in [0.3, 0.4) is 0 Å². The van der Waals surface area contributed by atoms with Crippen LogP contribution in [0.25, 0.3) is 0 Å². The number of nitrogens with zero attached hydrogens (tertiary/aromatic N) is 2. The topological polar surface area (TPSA) is 61.8 Å². The summed E-state index contributed by atoms with van der Waals surface area (Å²) in [5.74, 6) is -0.161. The van der Waals surface area contributed by atoms with Crippen LogP contribution in [-0.4, -0.2) is 23.9 Å². The summed E-state index contributed by atoms with van der Waals surface area (Å²) in [7, 11) is 0. The van der Waals surface area contributed by atoms with E-state index < -0.39 is 16.2 Å². The first-order valence-corrected chi connectivity index (χ1v) is 11.2. The number of carbonyl (C=O) groups is 2. The van der Waals surface area contributed by atoms with Gasteiger partial charge in [0.1, 0.15) is 11.1 Å².